The fourth-order valence-corrected chi connectivity index (χ4v) is 6.17. The van der Waals surface area contributed by atoms with Crippen LogP contribution in [0.2, 0.25) is 0 Å². The van der Waals surface area contributed by atoms with Crippen LogP contribution >= 0.6 is 11.8 Å². The Morgan fingerprint density at radius 1 is 1.05 bits per heavy atom. The zero-order valence-electron chi connectivity index (χ0n) is 23.7. The maximum atomic E-state index is 13.5. The van der Waals surface area contributed by atoms with Gasteiger partial charge in [0, 0.05) is 31.3 Å². The molecule has 2 aliphatic rings. The van der Waals surface area contributed by atoms with Crippen LogP contribution in [0.15, 0.2) is 42.5 Å². The van der Waals surface area contributed by atoms with Crippen molar-refractivity contribution >= 4 is 23.6 Å². The maximum absolute atomic E-state index is 13.5. The molecule has 1 N–H and O–H groups in total. The SMILES string of the molecule is COC(=O)C(CCSC)NC(=O)c1ccc(CN2CCC2COCC2CCCCC2)cc1-c1ccccc1C. The third kappa shape index (κ3) is 8.09. The smallest absolute Gasteiger partial charge is 0.328 e. The third-order valence-electron chi connectivity index (χ3n) is 8.21. The van der Waals surface area contributed by atoms with Crippen molar-refractivity contribution in [3.63, 3.8) is 0 Å². The van der Waals surface area contributed by atoms with Gasteiger partial charge in [0.25, 0.3) is 5.91 Å². The number of amides is 1. The fraction of sp³-hybridized carbons (Fsp3) is 0.562. The molecule has 0 radical (unpaired) electrons. The first-order chi connectivity index (χ1) is 19.0. The summed E-state index contributed by atoms with van der Waals surface area (Å²) in [6.45, 7) is 5.66. The van der Waals surface area contributed by atoms with E-state index < -0.39 is 12.0 Å². The number of rotatable bonds is 13. The van der Waals surface area contributed by atoms with E-state index in [1.165, 1.54) is 51.2 Å². The van der Waals surface area contributed by atoms with E-state index in [9.17, 15) is 9.59 Å². The van der Waals surface area contributed by atoms with E-state index in [1.807, 2.05) is 30.5 Å². The molecule has 0 spiro atoms. The number of nitrogens with one attached hydrogen (secondary N) is 1. The number of carbonyl (C=O) groups is 2. The van der Waals surface area contributed by atoms with Crippen LogP contribution in [0.4, 0.5) is 0 Å². The molecule has 1 saturated heterocycles. The van der Waals surface area contributed by atoms with Crippen LogP contribution in [-0.4, -0.2) is 67.7 Å². The van der Waals surface area contributed by atoms with Gasteiger partial charge in [-0.15, -0.1) is 0 Å². The molecule has 1 aliphatic carbocycles. The molecule has 1 saturated carbocycles. The van der Waals surface area contributed by atoms with E-state index in [2.05, 4.69) is 35.3 Å². The van der Waals surface area contributed by atoms with Crippen molar-refractivity contribution in [2.24, 2.45) is 5.92 Å². The molecule has 2 atom stereocenters. The lowest BCUT2D eigenvalue weighted by Gasteiger charge is -2.41. The van der Waals surface area contributed by atoms with E-state index >= 15 is 0 Å². The molecule has 1 amide bonds. The summed E-state index contributed by atoms with van der Waals surface area (Å²) in [6.07, 6.45) is 10.4. The third-order valence-corrected chi connectivity index (χ3v) is 8.85. The highest BCUT2D eigenvalue weighted by atomic mass is 32.2. The minimum atomic E-state index is -0.671. The first kappa shape index (κ1) is 29.6. The molecular weight excluding hydrogens is 508 g/mol. The largest absolute Gasteiger partial charge is 0.467 e. The van der Waals surface area contributed by atoms with Gasteiger partial charge in [-0.25, -0.2) is 4.79 Å². The number of nitrogens with zero attached hydrogens (tertiary/aromatic N) is 1. The van der Waals surface area contributed by atoms with Crippen molar-refractivity contribution in [3.05, 3.63) is 59.2 Å². The minimum absolute atomic E-state index is 0.255. The summed E-state index contributed by atoms with van der Waals surface area (Å²) in [7, 11) is 1.36. The summed E-state index contributed by atoms with van der Waals surface area (Å²) < 4.78 is 11.1. The van der Waals surface area contributed by atoms with Gasteiger partial charge in [-0.05, 0) is 84.9 Å². The average molecular weight is 553 g/mol. The Bertz CT molecular complexity index is 1100. The maximum Gasteiger partial charge on any atom is 0.328 e. The molecule has 0 aromatic heterocycles. The van der Waals surface area contributed by atoms with Crippen LogP contribution in [-0.2, 0) is 20.8 Å². The Morgan fingerprint density at radius 3 is 2.54 bits per heavy atom. The fourth-order valence-electron chi connectivity index (χ4n) is 5.70. The monoisotopic (exact) mass is 552 g/mol. The topological polar surface area (TPSA) is 67.9 Å². The first-order valence-electron chi connectivity index (χ1n) is 14.4. The number of hydrogen-bond acceptors (Lipinski definition) is 6. The van der Waals surface area contributed by atoms with Crippen molar-refractivity contribution in [1.29, 1.82) is 0 Å². The lowest BCUT2D eigenvalue weighted by molar-refractivity contribution is -0.142. The molecule has 4 rings (SSSR count). The van der Waals surface area contributed by atoms with Crippen molar-refractivity contribution < 1.29 is 19.1 Å². The molecule has 212 valence electrons. The summed E-state index contributed by atoms with van der Waals surface area (Å²) in [5.41, 5.74) is 4.77. The Hall–Kier alpha value is -2.35. The van der Waals surface area contributed by atoms with Crippen molar-refractivity contribution in [3.8, 4) is 11.1 Å². The van der Waals surface area contributed by atoms with Gasteiger partial charge in [-0.3, -0.25) is 9.69 Å². The van der Waals surface area contributed by atoms with Gasteiger partial charge in [0.1, 0.15) is 6.04 Å². The van der Waals surface area contributed by atoms with Crippen molar-refractivity contribution in [2.45, 2.75) is 70.5 Å². The summed E-state index contributed by atoms with van der Waals surface area (Å²) >= 11 is 1.64. The zero-order valence-corrected chi connectivity index (χ0v) is 24.6. The second-order valence-electron chi connectivity index (χ2n) is 11.0. The first-order valence-corrected chi connectivity index (χ1v) is 15.8. The standard InChI is InChI=1S/C32H44N2O4S/c1-23-9-7-8-12-27(23)29-19-25(13-14-28(29)31(35)33-30(16-18-39-3)32(36)37-2)20-34-17-15-26(34)22-38-21-24-10-5-4-6-11-24/h7-9,12-14,19,24,26,30H,4-6,10-11,15-18,20-22H2,1-3H3,(H,33,35). The van der Waals surface area contributed by atoms with Crippen LogP contribution in [0, 0.1) is 12.8 Å². The van der Waals surface area contributed by atoms with E-state index in [0.29, 0.717) is 18.0 Å². The van der Waals surface area contributed by atoms with Crippen molar-refractivity contribution in [1.82, 2.24) is 10.2 Å². The number of likely N-dealkylation sites (tertiary alicyclic amines) is 1. The summed E-state index contributed by atoms with van der Waals surface area (Å²) in [5, 5.41) is 2.93. The highest BCUT2D eigenvalue weighted by molar-refractivity contribution is 7.98. The number of methoxy groups -OCH3 is 1. The molecule has 1 aliphatic heterocycles. The molecule has 1 heterocycles. The lowest BCUT2D eigenvalue weighted by Crippen LogP contribution is -2.49. The average Bonchev–Trinajstić information content (AvgIpc) is 2.95. The molecule has 39 heavy (non-hydrogen) atoms. The number of benzene rings is 2. The molecule has 0 bridgehead atoms. The normalized spacial score (nSPS) is 18.8. The van der Waals surface area contributed by atoms with Crippen LogP contribution in [0.1, 0.15) is 66.4 Å². The molecule has 7 heteroatoms. The Kier molecular flexibility index (Phi) is 11.3. The van der Waals surface area contributed by atoms with Crippen LogP contribution < -0.4 is 5.32 Å². The van der Waals surface area contributed by atoms with Gasteiger partial charge in [0.05, 0.1) is 13.7 Å². The molecular formula is C32H44N2O4S. The van der Waals surface area contributed by atoms with Gasteiger partial charge >= 0.3 is 5.97 Å². The molecule has 2 unspecified atom stereocenters. The number of hydrogen-bond donors (Lipinski definition) is 1. The van der Waals surface area contributed by atoms with Gasteiger partial charge in [-0.2, -0.15) is 11.8 Å². The summed E-state index contributed by atoms with van der Waals surface area (Å²) in [5.74, 6) is 0.822. The van der Waals surface area contributed by atoms with Crippen LogP contribution in [0.25, 0.3) is 11.1 Å². The van der Waals surface area contributed by atoms with Gasteiger partial charge in [0.15, 0.2) is 0 Å². The Labute approximate surface area is 238 Å². The second kappa shape index (κ2) is 14.9. The predicted octanol–water partition coefficient (Wildman–Crippen LogP) is 5.86. The van der Waals surface area contributed by atoms with Crippen molar-refractivity contribution in [2.75, 3.05) is 38.9 Å². The number of aryl methyl sites for hydroxylation is 1. The number of carbonyl (C=O) groups excluding carboxylic acids is 2. The van der Waals surface area contributed by atoms with E-state index in [1.54, 1.807) is 11.8 Å². The predicted molar refractivity (Wildman–Crippen MR) is 159 cm³/mol. The van der Waals surface area contributed by atoms with Crippen LogP contribution in [0.3, 0.4) is 0 Å². The van der Waals surface area contributed by atoms with Gasteiger partial charge in [0.2, 0.25) is 0 Å². The highest BCUT2D eigenvalue weighted by Crippen LogP contribution is 2.30. The molecule has 2 aromatic carbocycles. The van der Waals surface area contributed by atoms with Gasteiger partial charge < -0.3 is 14.8 Å². The summed E-state index contributed by atoms with van der Waals surface area (Å²) in [6, 6.07) is 14.0. The minimum Gasteiger partial charge on any atom is -0.467 e. The number of esters is 1. The van der Waals surface area contributed by atoms with E-state index in [0.717, 1.165) is 54.7 Å². The Balaban J connectivity index is 1.47. The quantitative estimate of drug-likeness (QED) is 0.314. The summed E-state index contributed by atoms with van der Waals surface area (Å²) in [4.78, 5) is 28.3. The molecule has 2 aromatic rings. The van der Waals surface area contributed by atoms with E-state index in [-0.39, 0.29) is 5.91 Å². The Morgan fingerprint density at radius 2 is 1.85 bits per heavy atom. The second-order valence-corrected chi connectivity index (χ2v) is 12.0. The number of ether oxygens (including phenoxy) is 2. The molecule has 2 fully saturated rings. The van der Waals surface area contributed by atoms with Gasteiger partial charge in [-0.1, -0.05) is 49.6 Å². The van der Waals surface area contributed by atoms with Crippen LogP contribution in [0.5, 0.6) is 0 Å². The molecule has 6 nitrogen and oxygen atoms in total. The van der Waals surface area contributed by atoms with E-state index in [4.69, 9.17) is 9.47 Å². The zero-order chi connectivity index (χ0) is 27.6. The number of thioether (sulfide) groups is 1. The lowest BCUT2D eigenvalue weighted by atomic mass is 9.90. The highest BCUT2D eigenvalue weighted by Gasteiger charge is 2.29.